The number of piperidine rings is 1. The van der Waals surface area contributed by atoms with E-state index >= 15 is 0 Å². The maximum absolute atomic E-state index is 13.0. The summed E-state index contributed by atoms with van der Waals surface area (Å²) in [5, 5.41) is 2.53. The molecule has 1 aromatic heterocycles. The third-order valence-electron chi connectivity index (χ3n) is 4.89. The van der Waals surface area contributed by atoms with Gasteiger partial charge in [0.15, 0.2) is 0 Å². The summed E-state index contributed by atoms with van der Waals surface area (Å²) >= 11 is 0. The van der Waals surface area contributed by atoms with Gasteiger partial charge in [-0.05, 0) is 31.4 Å². The van der Waals surface area contributed by atoms with Gasteiger partial charge in [-0.3, -0.25) is 19.4 Å². The van der Waals surface area contributed by atoms with Crippen molar-refractivity contribution in [2.75, 3.05) is 31.1 Å². The number of carbonyl (C=O) groups is 3. The number of rotatable bonds is 3. The highest BCUT2D eigenvalue weighted by Crippen LogP contribution is 2.41. The third kappa shape index (κ3) is 3.11. The first kappa shape index (κ1) is 16.4. The van der Waals surface area contributed by atoms with Gasteiger partial charge in [0.05, 0.1) is 23.8 Å². The Morgan fingerprint density at radius 2 is 2.17 bits per heavy atom. The van der Waals surface area contributed by atoms with Crippen LogP contribution < -0.4 is 10.2 Å². The Balaban J connectivity index is 1.70. The molecule has 1 N–H and O–H groups in total. The number of hydrogen-bond donors (Lipinski definition) is 1. The molecule has 7 nitrogen and oxygen atoms in total. The average molecular weight is 330 g/mol. The van der Waals surface area contributed by atoms with E-state index in [-0.39, 0.29) is 24.3 Å². The molecule has 0 saturated carbocycles. The molecule has 0 bridgehead atoms. The summed E-state index contributed by atoms with van der Waals surface area (Å²) in [6.07, 6.45) is 5.72. The van der Waals surface area contributed by atoms with E-state index in [1.807, 2.05) is 12.1 Å². The summed E-state index contributed by atoms with van der Waals surface area (Å²) in [6.45, 7) is 3.10. The predicted octanol–water partition coefficient (Wildman–Crippen LogP) is 0.563. The molecular formula is C17H22N4O3. The lowest BCUT2D eigenvalue weighted by Gasteiger charge is -2.39. The van der Waals surface area contributed by atoms with Gasteiger partial charge in [-0.15, -0.1) is 0 Å². The van der Waals surface area contributed by atoms with E-state index in [0.29, 0.717) is 19.6 Å². The van der Waals surface area contributed by atoms with Crippen molar-refractivity contribution in [3.8, 4) is 0 Å². The highest BCUT2D eigenvalue weighted by atomic mass is 16.2. The molecule has 2 saturated heterocycles. The molecule has 24 heavy (non-hydrogen) atoms. The Hall–Kier alpha value is -2.44. The molecule has 1 aromatic rings. The van der Waals surface area contributed by atoms with Crippen LogP contribution in [0, 0.1) is 5.41 Å². The zero-order valence-corrected chi connectivity index (χ0v) is 13.8. The van der Waals surface area contributed by atoms with Crippen molar-refractivity contribution in [2.24, 2.45) is 5.41 Å². The highest BCUT2D eigenvalue weighted by Gasteiger charge is 2.49. The summed E-state index contributed by atoms with van der Waals surface area (Å²) in [7, 11) is 0. The van der Waals surface area contributed by atoms with Gasteiger partial charge in [-0.1, -0.05) is 0 Å². The molecule has 3 heterocycles. The van der Waals surface area contributed by atoms with Crippen molar-refractivity contribution >= 4 is 23.4 Å². The van der Waals surface area contributed by atoms with Crippen LogP contribution in [0.5, 0.6) is 0 Å². The van der Waals surface area contributed by atoms with Gasteiger partial charge in [-0.25, -0.2) is 0 Å². The number of nitrogens with zero attached hydrogens (tertiary/aromatic N) is 3. The largest absolute Gasteiger partial charge is 0.347 e. The fraction of sp³-hybridized carbons (Fsp3) is 0.529. The molecule has 1 atom stereocenters. The van der Waals surface area contributed by atoms with Gasteiger partial charge < -0.3 is 15.1 Å². The SMILES string of the molecule is CC(=O)NCC(=O)N1CCCC2(CCN(c3cccnc3)C2=O)C1. The molecule has 2 aliphatic rings. The molecule has 7 heteroatoms. The minimum Gasteiger partial charge on any atom is -0.347 e. The molecule has 1 spiro atoms. The smallest absolute Gasteiger partial charge is 0.241 e. The van der Waals surface area contributed by atoms with Gasteiger partial charge >= 0.3 is 0 Å². The number of hydrogen-bond acceptors (Lipinski definition) is 4. The topological polar surface area (TPSA) is 82.6 Å². The Morgan fingerprint density at radius 3 is 2.88 bits per heavy atom. The van der Waals surface area contributed by atoms with Crippen LogP contribution in [0.3, 0.4) is 0 Å². The molecular weight excluding hydrogens is 308 g/mol. The number of carbonyl (C=O) groups excluding carboxylic acids is 3. The van der Waals surface area contributed by atoms with Crippen LogP contribution in [-0.4, -0.2) is 53.8 Å². The van der Waals surface area contributed by atoms with Crippen molar-refractivity contribution < 1.29 is 14.4 Å². The first-order valence-corrected chi connectivity index (χ1v) is 8.26. The van der Waals surface area contributed by atoms with E-state index in [0.717, 1.165) is 24.9 Å². The fourth-order valence-corrected chi connectivity index (χ4v) is 3.62. The van der Waals surface area contributed by atoms with Gasteiger partial charge in [0, 0.05) is 32.8 Å². The van der Waals surface area contributed by atoms with Crippen molar-refractivity contribution in [1.29, 1.82) is 0 Å². The molecule has 128 valence electrons. The summed E-state index contributed by atoms with van der Waals surface area (Å²) in [5.74, 6) is -0.279. The molecule has 2 aliphatic heterocycles. The van der Waals surface area contributed by atoms with Crippen molar-refractivity contribution in [1.82, 2.24) is 15.2 Å². The van der Waals surface area contributed by atoms with Gasteiger partial charge in [0.25, 0.3) is 0 Å². The summed E-state index contributed by atoms with van der Waals surface area (Å²) < 4.78 is 0. The lowest BCUT2D eigenvalue weighted by Crippen LogP contribution is -2.51. The van der Waals surface area contributed by atoms with Crippen molar-refractivity contribution in [2.45, 2.75) is 26.2 Å². The number of amides is 3. The third-order valence-corrected chi connectivity index (χ3v) is 4.89. The number of anilines is 1. The predicted molar refractivity (Wildman–Crippen MR) is 88.1 cm³/mol. The van der Waals surface area contributed by atoms with E-state index in [1.165, 1.54) is 6.92 Å². The van der Waals surface area contributed by atoms with E-state index in [2.05, 4.69) is 10.3 Å². The van der Waals surface area contributed by atoms with Crippen LogP contribution in [-0.2, 0) is 14.4 Å². The molecule has 0 radical (unpaired) electrons. The first-order valence-electron chi connectivity index (χ1n) is 8.26. The molecule has 1 unspecified atom stereocenters. The Morgan fingerprint density at radius 1 is 1.33 bits per heavy atom. The molecule has 3 rings (SSSR count). The Bertz CT molecular complexity index is 648. The first-order chi connectivity index (χ1) is 11.5. The van der Waals surface area contributed by atoms with Gasteiger partial charge in [0.1, 0.15) is 0 Å². The summed E-state index contributed by atoms with van der Waals surface area (Å²) in [5.41, 5.74) is 0.307. The Labute approximate surface area is 141 Å². The van der Waals surface area contributed by atoms with E-state index < -0.39 is 5.41 Å². The van der Waals surface area contributed by atoms with Crippen LogP contribution in [0.25, 0.3) is 0 Å². The second kappa shape index (κ2) is 6.59. The maximum atomic E-state index is 13.0. The quantitative estimate of drug-likeness (QED) is 0.878. The number of likely N-dealkylation sites (tertiary alicyclic amines) is 1. The molecule has 2 fully saturated rings. The lowest BCUT2D eigenvalue weighted by atomic mass is 9.78. The summed E-state index contributed by atoms with van der Waals surface area (Å²) in [4.78, 5) is 43.8. The average Bonchev–Trinajstić information content (AvgIpc) is 2.90. The fourth-order valence-electron chi connectivity index (χ4n) is 3.62. The van der Waals surface area contributed by atoms with Crippen LogP contribution in [0.4, 0.5) is 5.69 Å². The monoisotopic (exact) mass is 330 g/mol. The van der Waals surface area contributed by atoms with Crippen molar-refractivity contribution in [3.63, 3.8) is 0 Å². The van der Waals surface area contributed by atoms with Crippen molar-refractivity contribution in [3.05, 3.63) is 24.5 Å². The number of nitrogens with one attached hydrogen (secondary N) is 1. The minimum absolute atomic E-state index is 0.00801. The number of aromatic nitrogens is 1. The normalized spacial score (nSPS) is 23.6. The zero-order chi connectivity index (χ0) is 17.2. The van der Waals surface area contributed by atoms with Crippen LogP contribution in [0.1, 0.15) is 26.2 Å². The maximum Gasteiger partial charge on any atom is 0.241 e. The molecule has 0 aliphatic carbocycles. The second-order valence-corrected chi connectivity index (χ2v) is 6.53. The van der Waals surface area contributed by atoms with E-state index in [4.69, 9.17) is 0 Å². The Kier molecular flexibility index (Phi) is 4.51. The van der Waals surface area contributed by atoms with Crippen LogP contribution in [0.2, 0.25) is 0 Å². The van der Waals surface area contributed by atoms with E-state index in [9.17, 15) is 14.4 Å². The lowest BCUT2D eigenvalue weighted by molar-refractivity contribution is -0.139. The number of pyridine rings is 1. The minimum atomic E-state index is -0.500. The summed E-state index contributed by atoms with van der Waals surface area (Å²) in [6, 6.07) is 3.70. The standard InChI is InChI=1S/C17H22N4O3/c1-13(22)19-11-15(23)20-8-3-5-17(12-20)6-9-21(16(17)24)14-4-2-7-18-10-14/h2,4,7,10H,3,5-6,8-9,11-12H2,1H3,(H,19,22). The van der Waals surface area contributed by atoms with Crippen LogP contribution >= 0.6 is 0 Å². The highest BCUT2D eigenvalue weighted by molar-refractivity contribution is 6.00. The zero-order valence-electron chi connectivity index (χ0n) is 13.8. The molecule has 3 amide bonds. The van der Waals surface area contributed by atoms with Gasteiger partial charge in [-0.2, -0.15) is 0 Å². The second-order valence-electron chi connectivity index (χ2n) is 6.53. The van der Waals surface area contributed by atoms with E-state index in [1.54, 1.807) is 22.2 Å². The van der Waals surface area contributed by atoms with Gasteiger partial charge in [0.2, 0.25) is 17.7 Å². The molecule has 0 aromatic carbocycles. The van der Waals surface area contributed by atoms with Crippen LogP contribution in [0.15, 0.2) is 24.5 Å².